The predicted molar refractivity (Wildman–Crippen MR) is 125 cm³/mol. The number of piperidine rings is 1. The van der Waals surface area contributed by atoms with Crippen LogP contribution in [0.5, 0.6) is 0 Å². The molecule has 5 nitrogen and oxygen atoms in total. The maximum absolute atomic E-state index is 13.3. The maximum Gasteiger partial charge on any atom is 0.158 e. The molecule has 0 N–H and O–H groups in total. The van der Waals surface area contributed by atoms with Gasteiger partial charge in [0.25, 0.3) is 0 Å². The van der Waals surface area contributed by atoms with Crippen molar-refractivity contribution in [2.24, 2.45) is 5.92 Å². The largest absolute Gasteiger partial charge is 0.355 e. The van der Waals surface area contributed by atoms with E-state index in [0.29, 0.717) is 12.5 Å². The molecule has 1 aliphatic rings. The van der Waals surface area contributed by atoms with Crippen LogP contribution in [0.25, 0.3) is 10.9 Å². The van der Waals surface area contributed by atoms with Gasteiger partial charge in [-0.3, -0.25) is 4.68 Å². The zero-order valence-corrected chi connectivity index (χ0v) is 19.4. The van der Waals surface area contributed by atoms with Crippen LogP contribution in [0, 0.1) is 11.7 Å². The second-order valence-corrected chi connectivity index (χ2v) is 9.83. The summed E-state index contributed by atoms with van der Waals surface area (Å²) in [5.41, 5.74) is 1.99. The first-order chi connectivity index (χ1) is 15.0. The Labute approximate surface area is 186 Å². The molecular weight excluding hydrogens is 411 g/mol. The monoisotopic (exact) mass is 442 g/mol. The molecule has 0 radical (unpaired) electrons. The fourth-order valence-electron chi connectivity index (χ4n) is 4.34. The van der Waals surface area contributed by atoms with E-state index in [9.17, 15) is 8.60 Å². The van der Waals surface area contributed by atoms with E-state index in [1.807, 2.05) is 22.9 Å². The van der Waals surface area contributed by atoms with Crippen molar-refractivity contribution in [1.29, 1.82) is 0 Å². The quantitative estimate of drug-likeness (QED) is 0.527. The molecule has 7 heteroatoms. The molecule has 2 heterocycles. The minimum atomic E-state index is -1.17. The molecule has 0 amide bonds. The molecule has 2 unspecified atom stereocenters. The van der Waals surface area contributed by atoms with Crippen molar-refractivity contribution in [3.05, 3.63) is 53.8 Å². The van der Waals surface area contributed by atoms with Crippen LogP contribution in [0.2, 0.25) is 0 Å². The number of benzene rings is 2. The smallest absolute Gasteiger partial charge is 0.158 e. The highest BCUT2D eigenvalue weighted by atomic mass is 32.2. The van der Waals surface area contributed by atoms with Gasteiger partial charge in [-0.1, -0.05) is 19.1 Å². The van der Waals surface area contributed by atoms with Crippen LogP contribution in [0.15, 0.2) is 47.4 Å². The van der Waals surface area contributed by atoms with Gasteiger partial charge in [-0.05, 0) is 68.5 Å². The van der Waals surface area contributed by atoms with Crippen molar-refractivity contribution in [2.45, 2.75) is 45.1 Å². The molecule has 4 rings (SSSR count). The molecule has 3 aromatic rings. The highest BCUT2D eigenvalue weighted by molar-refractivity contribution is 7.82. The number of anilines is 1. The van der Waals surface area contributed by atoms with Gasteiger partial charge < -0.3 is 4.90 Å². The van der Waals surface area contributed by atoms with Crippen LogP contribution in [0.3, 0.4) is 0 Å². The van der Waals surface area contributed by atoms with E-state index in [4.69, 9.17) is 5.10 Å². The van der Waals surface area contributed by atoms with Gasteiger partial charge >= 0.3 is 0 Å². The van der Waals surface area contributed by atoms with E-state index >= 15 is 0 Å². The van der Waals surface area contributed by atoms with Gasteiger partial charge in [-0.15, -0.1) is 0 Å². The Bertz CT molecular complexity index is 1060. The van der Waals surface area contributed by atoms with Crippen LogP contribution in [0.1, 0.15) is 39.2 Å². The summed E-state index contributed by atoms with van der Waals surface area (Å²) >= 11 is 0. The summed E-state index contributed by atoms with van der Waals surface area (Å²) in [5, 5.41) is 5.93. The Balaban J connectivity index is 1.73. The Hall–Kier alpha value is -2.25. The van der Waals surface area contributed by atoms with E-state index in [-0.39, 0.29) is 5.82 Å². The zero-order valence-electron chi connectivity index (χ0n) is 18.6. The second kappa shape index (κ2) is 9.49. The lowest BCUT2D eigenvalue weighted by Gasteiger charge is -2.29. The molecule has 1 saturated heterocycles. The third kappa shape index (κ3) is 4.67. The fraction of sp³-hybridized carbons (Fsp3) is 0.458. The minimum Gasteiger partial charge on any atom is -0.355 e. The molecule has 2 atom stereocenters. The molecule has 0 spiro atoms. The van der Waals surface area contributed by atoms with E-state index < -0.39 is 11.0 Å². The Morgan fingerprint density at radius 1 is 1.16 bits per heavy atom. The van der Waals surface area contributed by atoms with Crippen LogP contribution in [-0.2, 0) is 17.5 Å². The molecule has 1 aliphatic heterocycles. The summed E-state index contributed by atoms with van der Waals surface area (Å²) in [6.45, 7) is 10.5. The first-order valence-electron chi connectivity index (χ1n) is 11.2. The Kier molecular flexibility index (Phi) is 6.72. The first kappa shape index (κ1) is 22.0. The van der Waals surface area contributed by atoms with Gasteiger partial charge in [0.1, 0.15) is 16.8 Å². The number of aromatic nitrogens is 2. The lowest BCUT2D eigenvalue weighted by Crippen LogP contribution is -2.35. The van der Waals surface area contributed by atoms with Crippen LogP contribution in [0.4, 0.5) is 10.2 Å². The molecule has 2 aromatic carbocycles. The topological polar surface area (TPSA) is 41.4 Å². The van der Waals surface area contributed by atoms with E-state index in [2.05, 4.69) is 30.0 Å². The molecule has 0 aliphatic carbocycles. The predicted octanol–water partition coefficient (Wildman–Crippen LogP) is 4.82. The van der Waals surface area contributed by atoms with Crippen molar-refractivity contribution in [2.75, 3.05) is 31.1 Å². The third-order valence-electron chi connectivity index (χ3n) is 6.07. The van der Waals surface area contributed by atoms with Gasteiger partial charge in [0.05, 0.1) is 17.0 Å². The Morgan fingerprint density at radius 2 is 1.90 bits per heavy atom. The van der Waals surface area contributed by atoms with Gasteiger partial charge in [0.2, 0.25) is 0 Å². The second-order valence-electron chi connectivity index (χ2n) is 8.34. The van der Waals surface area contributed by atoms with Crippen LogP contribution < -0.4 is 4.90 Å². The lowest BCUT2D eigenvalue weighted by atomic mass is 10.0. The van der Waals surface area contributed by atoms with Gasteiger partial charge in [0.15, 0.2) is 5.82 Å². The number of hydrogen-bond donors (Lipinski definition) is 0. The molecule has 31 heavy (non-hydrogen) atoms. The van der Waals surface area contributed by atoms with Gasteiger partial charge in [0, 0.05) is 31.6 Å². The van der Waals surface area contributed by atoms with Crippen molar-refractivity contribution in [1.82, 2.24) is 14.1 Å². The summed E-state index contributed by atoms with van der Waals surface area (Å²) in [4.78, 5) is 3.05. The van der Waals surface area contributed by atoms with Gasteiger partial charge in [-0.2, -0.15) is 5.10 Å². The molecule has 0 bridgehead atoms. The highest BCUT2D eigenvalue weighted by Crippen LogP contribution is 2.30. The summed E-state index contributed by atoms with van der Waals surface area (Å²) in [6, 6.07) is 12.6. The van der Waals surface area contributed by atoms with Crippen molar-refractivity contribution in [3.8, 4) is 0 Å². The normalized spacial score (nSPS) is 18.4. The SMILES string of the molecule is CCN(CC)c1nn(Cc2ccc(F)cc2)c2ccc(S(=O)N3CCCC(C)C3)cc12. The van der Waals surface area contributed by atoms with Gasteiger partial charge in [-0.25, -0.2) is 12.9 Å². The molecule has 0 saturated carbocycles. The molecule has 1 fully saturated rings. The van der Waals surface area contributed by atoms with E-state index in [0.717, 1.165) is 59.8 Å². The highest BCUT2D eigenvalue weighted by Gasteiger charge is 2.23. The summed E-state index contributed by atoms with van der Waals surface area (Å²) < 4.78 is 30.7. The summed E-state index contributed by atoms with van der Waals surface area (Å²) in [6.07, 6.45) is 2.30. The lowest BCUT2D eigenvalue weighted by molar-refractivity contribution is 0.293. The number of nitrogens with zero attached hydrogens (tertiary/aromatic N) is 4. The molecule has 166 valence electrons. The number of halogens is 1. The van der Waals surface area contributed by atoms with E-state index in [1.165, 1.54) is 18.6 Å². The standard InChI is InChI=1S/C24H31FN4OS/c1-4-27(5-2)24-22-15-21(31(30)28-14-6-7-18(3)16-28)12-13-23(22)29(26-24)17-19-8-10-20(25)11-9-19/h8-13,15,18H,4-7,14,16-17H2,1-3H3. The van der Waals surface area contributed by atoms with Crippen LogP contribution >= 0.6 is 0 Å². The van der Waals surface area contributed by atoms with Crippen molar-refractivity contribution >= 4 is 27.7 Å². The van der Waals surface area contributed by atoms with Crippen LogP contribution in [-0.4, -0.2) is 44.5 Å². The average Bonchev–Trinajstić information content (AvgIpc) is 3.13. The first-order valence-corrected chi connectivity index (χ1v) is 12.3. The van der Waals surface area contributed by atoms with Crippen molar-refractivity contribution < 1.29 is 8.60 Å². The summed E-state index contributed by atoms with van der Waals surface area (Å²) in [5.74, 6) is 1.25. The maximum atomic E-state index is 13.3. The van der Waals surface area contributed by atoms with Crippen molar-refractivity contribution in [3.63, 3.8) is 0 Å². The van der Waals surface area contributed by atoms with E-state index in [1.54, 1.807) is 12.1 Å². The fourth-order valence-corrected chi connectivity index (χ4v) is 5.72. The Morgan fingerprint density at radius 3 is 2.58 bits per heavy atom. The average molecular weight is 443 g/mol. The zero-order chi connectivity index (χ0) is 22.0. The number of rotatable bonds is 7. The number of hydrogen-bond acceptors (Lipinski definition) is 3. The minimum absolute atomic E-state index is 0.239. The summed E-state index contributed by atoms with van der Waals surface area (Å²) in [7, 11) is -1.17. The molecular formula is C24H31FN4OS. The molecule has 1 aromatic heterocycles. The third-order valence-corrected chi connectivity index (χ3v) is 7.52. The number of fused-ring (bicyclic) bond motifs is 1.